The van der Waals surface area contributed by atoms with Crippen molar-refractivity contribution in [2.45, 2.75) is 39.5 Å². The molecule has 2 heterocycles. The van der Waals surface area contributed by atoms with Crippen LogP contribution >= 0.6 is 0 Å². The fraction of sp³-hybridized carbons (Fsp3) is 0.458. The third-order valence-electron chi connectivity index (χ3n) is 5.60. The average molecular weight is 395 g/mol. The van der Waals surface area contributed by atoms with Gasteiger partial charge in [-0.25, -0.2) is 0 Å². The Morgan fingerprint density at radius 1 is 1.03 bits per heavy atom. The van der Waals surface area contributed by atoms with Crippen LogP contribution in [0.1, 0.15) is 40.9 Å². The van der Waals surface area contributed by atoms with Gasteiger partial charge in [0.15, 0.2) is 0 Å². The Labute approximate surface area is 173 Å². The molecule has 5 nitrogen and oxygen atoms in total. The standard InChI is InChI=1S/C24H30N2O3/c1-18(2)29-17-19-3-6-21(7-4-19)24(27)26-12-10-25(11-13-26)16-20-5-8-23-22(15-20)9-14-28-23/h3-8,15,18H,9-14,16-17H2,1-2H3. The summed E-state index contributed by atoms with van der Waals surface area (Å²) >= 11 is 0. The third-order valence-corrected chi connectivity index (χ3v) is 5.60. The molecule has 0 atom stereocenters. The van der Waals surface area contributed by atoms with E-state index in [4.69, 9.17) is 9.47 Å². The van der Waals surface area contributed by atoms with Gasteiger partial charge < -0.3 is 14.4 Å². The van der Waals surface area contributed by atoms with E-state index < -0.39 is 0 Å². The van der Waals surface area contributed by atoms with E-state index in [9.17, 15) is 4.79 Å². The van der Waals surface area contributed by atoms with Crippen molar-refractivity contribution in [3.63, 3.8) is 0 Å². The Balaban J connectivity index is 1.28. The van der Waals surface area contributed by atoms with Gasteiger partial charge in [0.25, 0.3) is 5.91 Å². The fourth-order valence-corrected chi connectivity index (χ4v) is 3.89. The summed E-state index contributed by atoms with van der Waals surface area (Å²) in [7, 11) is 0. The van der Waals surface area contributed by atoms with E-state index >= 15 is 0 Å². The Kier molecular flexibility index (Phi) is 6.16. The molecule has 2 aliphatic heterocycles. The maximum atomic E-state index is 12.8. The summed E-state index contributed by atoms with van der Waals surface area (Å²) in [5.41, 5.74) is 4.50. The molecular weight excluding hydrogens is 364 g/mol. The molecule has 0 spiro atoms. The molecule has 1 saturated heterocycles. The van der Waals surface area contributed by atoms with Crippen LogP contribution in [0.3, 0.4) is 0 Å². The number of ether oxygens (including phenoxy) is 2. The zero-order chi connectivity index (χ0) is 20.2. The predicted octanol–water partition coefficient (Wildman–Crippen LogP) is 3.50. The minimum Gasteiger partial charge on any atom is -0.493 e. The van der Waals surface area contributed by atoms with Crippen LogP contribution in [0.5, 0.6) is 5.75 Å². The first-order valence-electron chi connectivity index (χ1n) is 10.6. The number of carbonyl (C=O) groups is 1. The number of fused-ring (bicyclic) bond motifs is 1. The summed E-state index contributed by atoms with van der Waals surface area (Å²) < 4.78 is 11.2. The lowest BCUT2D eigenvalue weighted by atomic mass is 10.1. The maximum Gasteiger partial charge on any atom is 0.253 e. The largest absolute Gasteiger partial charge is 0.493 e. The van der Waals surface area contributed by atoms with Gasteiger partial charge in [0.2, 0.25) is 0 Å². The highest BCUT2D eigenvalue weighted by Crippen LogP contribution is 2.26. The number of hydrogen-bond donors (Lipinski definition) is 0. The maximum absolute atomic E-state index is 12.8. The number of nitrogens with zero attached hydrogens (tertiary/aromatic N) is 2. The summed E-state index contributed by atoms with van der Waals surface area (Å²) in [6, 6.07) is 14.3. The van der Waals surface area contributed by atoms with Crippen LogP contribution in [0.25, 0.3) is 0 Å². The number of piperazine rings is 1. The molecule has 154 valence electrons. The molecule has 5 heteroatoms. The molecular formula is C24H30N2O3. The van der Waals surface area contributed by atoms with Crippen molar-refractivity contribution in [2.75, 3.05) is 32.8 Å². The lowest BCUT2D eigenvalue weighted by Gasteiger charge is -2.35. The highest BCUT2D eigenvalue weighted by molar-refractivity contribution is 5.94. The molecule has 2 aromatic carbocycles. The molecule has 1 fully saturated rings. The van der Waals surface area contributed by atoms with Crippen LogP contribution < -0.4 is 4.74 Å². The van der Waals surface area contributed by atoms with E-state index in [1.807, 2.05) is 43.0 Å². The summed E-state index contributed by atoms with van der Waals surface area (Å²) in [5, 5.41) is 0. The van der Waals surface area contributed by atoms with Crippen LogP contribution in [0.4, 0.5) is 0 Å². The van der Waals surface area contributed by atoms with E-state index in [1.54, 1.807) is 0 Å². The Bertz CT molecular complexity index is 840. The predicted molar refractivity (Wildman–Crippen MR) is 113 cm³/mol. The number of amides is 1. The fourth-order valence-electron chi connectivity index (χ4n) is 3.89. The summed E-state index contributed by atoms with van der Waals surface area (Å²) in [4.78, 5) is 17.2. The zero-order valence-corrected chi connectivity index (χ0v) is 17.4. The van der Waals surface area contributed by atoms with Gasteiger partial charge in [0, 0.05) is 44.7 Å². The Morgan fingerprint density at radius 2 is 1.76 bits per heavy atom. The van der Waals surface area contributed by atoms with Crippen molar-refractivity contribution in [3.05, 3.63) is 64.7 Å². The monoisotopic (exact) mass is 394 g/mol. The second-order valence-electron chi connectivity index (χ2n) is 8.17. The summed E-state index contributed by atoms with van der Waals surface area (Å²) in [5.74, 6) is 1.15. The molecule has 0 saturated carbocycles. The highest BCUT2D eigenvalue weighted by Gasteiger charge is 2.22. The summed E-state index contributed by atoms with van der Waals surface area (Å²) in [6.07, 6.45) is 1.21. The van der Waals surface area contributed by atoms with Crippen molar-refractivity contribution < 1.29 is 14.3 Å². The van der Waals surface area contributed by atoms with E-state index in [0.29, 0.717) is 6.61 Å². The smallest absolute Gasteiger partial charge is 0.253 e. The van der Waals surface area contributed by atoms with Crippen LogP contribution in [-0.2, 0) is 24.3 Å². The van der Waals surface area contributed by atoms with Gasteiger partial charge in [-0.15, -0.1) is 0 Å². The van der Waals surface area contributed by atoms with Crippen LogP contribution in [0.15, 0.2) is 42.5 Å². The number of hydrogen-bond acceptors (Lipinski definition) is 4. The van der Waals surface area contributed by atoms with E-state index in [1.165, 1.54) is 11.1 Å². The van der Waals surface area contributed by atoms with Crippen molar-refractivity contribution >= 4 is 5.91 Å². The molecule has 29 heavy (non-hydrogen) atoms. The molecule has 0 radical (unpaired) electrons. The molecule has 0 aliphatic carbocycles. The Morgan fingerprint density at radius 3 is 2.48 bits per heavy atom. The first-order valence-corrected chi connectivity index (χ1v) is 10.6. The summed E-state index contributed by atoms with van der Waals surface area (Å²) in [6.45, 7) is 9.70. The first kappa shape index (κ1) is 19.9. The van der Waals surface area contributed by atoms with Gasteiger partial charge >= 0.3 is 0 Å². The second-order valence-corrected chi connectivity index (χ2v) is 8.17. The van der Waals surface area contributed by atoms with Gasteiger partial charge in [-0.3, -0.25) is 9.69 Å². The molecule has 0 N–H and O–H groups in total. The molecule has 2 aromatic rings. The quantitative estimate of drug-likeness (QED) is 0.752. The number of benzene rings is 2. The minimum atomic E-state index is 0.121. The molecule has 0 bridgehead atoms. The van der Waals surface area contributed by atoms with Crippen molar-refractivity contribution in [1.82, 2.24) is 9.80 Å². The number of carbonyl (C=O) groups excluding carboxylic acids is 1. The molecule has 4 rings (SSSR count). The van der Waals surface area contributed by atoms with Gasteiger partial charge in [-0.05, 0) is 48.7 Å². The van der Waals surface area contributed by atoms with Crippen LogP contribution in [-0.4, -0.2) is 54.6 Å². The first-order chi connectivity index (χ1) is 14.1. The average Bonchev–Trinajstić information content (AvgIpc) is 3.20. The molecule has 0 aromatic heterocycles. The van der Waals surface area contributed by atoms with Crippen molar-refractivity contribution in [1.29, 1.82) is 0 Å². The van der Waals surface area contributed by atoms with Crippen LogP contribution in [0, 0.1) is 0 Å². The highest BCUT2D eigenvalue weighted by atomic mass is 16.5. The zero-order valence-electron chi connectivity index (χ0n) is 17.4. The second kappa shape index (κ2) is 8.97. The molecule has 2 aliphatic rings. The van der Waals surface area contributed by atoms with Gasteiger partial charge in [-0.2, -0.15) is 0 Å². The van der Waals surface area contributed by atoms with E-state index in [2.05, 4.69) is 23.1 Å². The van der Waals surface area contributed by atoms with Gasteiger partial charge in [-0.1, -0.05) is 24.3 Å². The molecule has 1 amide bonds. The van der Waals surface area contributed by atoms with Gasteiger partial charge in [0.05, 0.1) is 19.3 Å². The van der Waals surface area contributed by atoms with E-state index in [-0.39, 0.29) is 12.0 Å². The lowest BCUT2D eigenvalue weighted by molar-refractivity contribution is 0.0624. The van der Waals surface area contributed by atoms with Crippen LogP contribution in [0.2, 0.25) is 0 Å². The van der Waals surface area contributed by atoms with Crippen molar-refractivity contribution in [3.8, 4) is 5.75 Å². The molecule has 0 unspecified atom stereocenters. The lowest BCUT2D eigenvalue weighted by Crippen LogP contribution is -2.48. The Hall–Kier alpha value is -2.37. The SMILES string of the molecule is CC(C)OCc1ccc(C(=O)N2CCN(Cc3ccc4c(c3)CCO4)CC2)cc1. The third kappa shape index (κ3) is 4.98. The van der Waals surface area contributed by atoms with Crippen molar-refractivity contribution in [2.24, 2.45) is 0 Å². The van der Waals surface area contributed by atoms with E-state index in [0.717, 1.165) is 62.6 Å². The topological polar surface area (TPSA) is 42.0 Å². The normalized spacial score (nSPS) is 16.7. The van der Waals surface area contributed by atoms with Gasteiger partial charge in [0.1, 0.15) is 5.75 Å². The minimum absolute atomic E-state index is 0.121. The number of rotatable bonds is 6.